The molecule has 2 aromatic heterocycles. The minimum atomic E-state index is -1.36. The summed E-state index contributed by atoms with van der Waals surface area (Å²) in [5.74, 6) is 1.66. The molecule has 164 valence electrons. The highest BCUT2D eigenvalue weighted by atomic mass is 32.2. The third kappa shape index (κ3) is 4.32. The number of fused-ring (bicyclic) bond motifs is 1. The van der Waals surface area contributed by atoms with E-state index in [4.69, 9.17) is 9.72 Å². The van der Waals surface area contributed by atoms with Gasteiger partial charge in [0, 0.05) is 36.8 Å². The predicted molar refractivity (Wildman–Crippen MR) is 126 cm³/mol. The van der Waals surface area contributed by atoms with Crippen molar-refractivity contribution in [2.75, 3.05) is 0 Å². The van der Waals surface area contributed by atoms with Gasteiger partial charge in [0.1, 0.15) is 11.6 Å². The van der Waals surface area contributed by atoms with Crippen LogP contribution in [0.5, 0.6) is 5.75 Å². The Kier molecular flexibility index (Phi) is 6.04. The lowest BCUT2D eigenvalue weighted by Crippen LogP contribution is -2.20. The maximum absolute atomic E-state index is 13.5. The Labute approximate surface area is 190 Å². The molecule has 5 rings (SSSR count). The van der Waals surface area contributed by atoms with Gasteiger partial charge in [-0.3, -0.25) is 4.98 Å². The largest absolute Gasteiger partial charge is 0.489 e. The molecule has 1 atom stereocenters. The summed E-state index contributed by atoms with van der Waals surface area (Å²) in [4.78, 5) is 10.4. The van der Waals surface area contributed by atoms with Gasteiger partial charge in [-0.15, -0.1) is 0 Å². The molecule has 32 heavy (non-hydrogen) atoms. The first-order chi connectivity index (χ1) is 15.7. The molecule has 2 heterocycles. The molecule has 0 spiro atoms. The average molecular weight is 446 g/mol. The van der Waals surface area contributed by atoms with Gasteiger partial charge < -0.3 is 9.30 Å². The summed E-state index contributed by atoms with van der Waals surface area (Å²) in [6, 6.07) is 17.9. The Morgan fingerprint density at radius 1 is 1.03 bits per heavy atom. The van der Waals surface area contributed by atoms with Crippen molar-refractivity contribution in [2.24, 2.45) is 7.05 Å². The van der Waals surface area contributed by atoms with Crippen molar-refractivity contribution in [3.63, 3.8) is 0 Å². The highest BCUT2D eigenvalue weighted by Gasteiger charge is 2.22. The first-order valence-corrected chi connectivity index (χ1v) is 12.4. The average Bonchev–Trinajstić information content (AvgIpc) is 3.14. The summed E-state index contributed by atoms with van der Waals surface area (Å²) in [5, 5.41) is 0. The fraction of sp³-hybridized carbons (Fsp3) is 0.308. The predicted octanol–water partition coefficient (Wildman–Crippen LogP) is 5.44. The number of benzene rings is 2. The van der Waals surface area contributed by atoms with Crippen LogP contribution < -0.4 is 4.74 Å². The van der Waals surface area contributed by atoms with Gasteiger partial charge in [-0.1, -0.05) is 36.8 Å². The zero-order chi connectivity index (χ0) is 21.9. The number of ether oxygens (including phenoxy) is 1. The van der Waals surface area contributed by atoms with Gasteiger partial charge in [0.15, 0.2) is 0 Å². The Morgan fingerprint density at radius 3 is 2.53 bits per heavy atom. The maximum atomic E-state index is 13.5. The van der Waals surface area contributed by atoms with Gasteiger partial charge >= 0.3 is 0 Å². The third-order valence-corrected chi connectivity index (χ3v) is 7.57. The van der Waals surface area contributed by atoms with E-state index in [-0.39, 0.29) is 6.10 Å². The summed E-state index contributed by atoms with van der Waals surface area (Å²) in [5.41, 5.74) is 3.05. The van der Waals surface area contributed by atoms with Gasteiger partial charge in [0.25, 0.3) is 0 Å². The number of nitrogens with zero attached hydrogens (tertiary/aromatic N) is 3. The maximum Gasteiger partial charge on any atom is 0.138 e. The molecular formula is C26H27N3O2S. The van der Waals surface area contributed by atoms with Gasteiger partial charge in [0.2, 0.25) is 0 Å². The number of pyridine rings is 1. The lowest BCUT2D eigenvalue weighted by atomic mass is 9.98. The topological polar surface area (TPSA) is 57.0 Å². The van der Waals surface area contributed by atoms with Gasteiger partial charge in [-0.25, -0.2) is 9.19 Å². The number of aryl methyl sites for hydroxylation is 1. The molecule has 0 aliphatic heterocycles. The molecule has 5 nitrogen and oxygen atoms in total. The van der Waals surface area contributed by atoms with Crippen LogP contribution in [-0.4, -0.2) is 24.8 Å². The normalized spacial score (nSPS) is 15.7. The van der Waals surface area contributed by atoms with Crippen molar-refractivity contribution >= 4 is 21.8 Å². The quantitative estimate of drug-likeness (QED) is 0.397. The second-order valence-corrected chi connectivity index (χ2v) is 9.82. The molecule has 4 aromatic rings. The van der Waals surface area contributed by atoms with E-state index in [2.05, 4.69) is 21.7 Å². The minimum absolute atomic E-state index is 0.168. The first kappa shape index (κ1) is 20.9. The zero-order valence-electron chi connectivity index (χ0n) is 18.2. The number of hydrogen-bond donors (Lipinski definition) is 0. The van der Waals surface area contributed by atoms with Crippen LogP contribution in [0.4, 0.5) is 0 Å². The van der Waals surface area contributed by atoms with Crippen LogP contribution in [0, 0.1) is 0 Å². The van der Waals surface area contributed by atoms with E-state index in [0.29, 0.717) is 10.6 Å². The summed E-state index contributed by atoms with van der Waals surface area (Å²) in [6.45, 7) is 0. The fourth-order valence-corrected chi connectivity index (χ4v) is 5.51. The highest BCUT2D eigenvalue weighted by Crippen LogP contribution is 2.34. The van der Waals surface area contributed by atoms with Crippen LogP contribution in [0.15, 0.2) is 76.8 Å². The molecule has 1 fully saturated rings. The van der Waals surface area contributed by atoms with Gasteiger partial charge in [0.05, 0.1) is 32.8 Å². The lowest BCUT2D eigenvalue weighted by molar-refractivity contribution is 0.151. The lowest BCUT2D eigenvalue weighted by Gasteiger charge is -2.24. The van der Waals surface area contributed by atoms with Crippen LogP contribution in [-0.2, 0) is 24.3 Å². The van der Waals surface area contributed by atoms with E-state index < -0.39 is 10.8 Å². The van der Waals surface area contributed by atoms with Crippen LogP contribution in [0.1, 0.15) is 43.5 Å². The second kappa shape index (κ2) is 9.25. The smallest absolute Gasteiger partial charge is 0.138 e. The van der Waals surface area contributed by atoms with Crippen molar-refractivity contribution in [3.05, 3.63) is 78.4 Å². The molecule has 0 N–H and O–H groups in total. The molecule has 0 saturated heterocycles. The Balaban J connectivity index is 1.57. The Morgan fingerprint density at radius 2 is 1.78 bits per heavy atom. The van der Waals surface area contributed by atoms with E-state index >= 15 is 0 Å². The van der Waals surface area contributed by atoms with Crippen molar-refractivity contribution in [2.45, 2.75) is 54.4 Å². The third-order valence-electron chi connectivity index (χ3n) is 6.15. The number of imidazole rings is 1. The van der Waals surface area contributed by atoms with Crippen LogP contribution in [0.2, 0.25) is 0 Å². The number of rotatable bonds is 6. The molecule has 1 aliphatic carbocycles. The van der Waals surface area contributed by atoms with E-state index in [9.17, 15) is 4.21 Å². The standard InChI is InChI=1S/C26H27N3O2S/c1-29-23-18-25(32(30)21-12-14-27-15-13-21)24(31-20-10-6-3-7-11-20)17-22(23)28-26(29)16-19-8-4-2-5-9-19/h2,4-5,8-9,12-15,17-18,20H,3,6-7,10-11,16H2,1H3. The van der Waals surface area contributed by atoms with E-state index in [1.165, 1.54) is 24.8 Å². The molecule has 0 radical (unpaired) electrons. The molecule has 1 unspecified atom stereocenters. The van der Waals surface area contributed by atoms with Crippen molar-refractivity contribution < 1.29 is 8.95 Å². The molecule has 1 aliphatic rings. The van der Waals surface area contributed by atoms with Crippen molar-refractivity contribution in [1.82, 2.24) is 14.5 Å². The Hall–Kier alpha value is -2.99. The molecule has 0 bridgehead atoms. The summed E-state index contributed by atoms with van der Waals surface area (Å²) < 4.78 is 22.1. The second-order valence-electron chi connectivity index (χ2n) is 8.37. The van der Waals surface area contributed by atoms with Crippen molar-refractivity contribution in [1.29, 1.82) is 0 Å². The first-order valence-electron chi connectivity index (χ1n) is 11.2. The minimum Gasteiger partial charge on any atom is -0.489 e. The van der Waals surface area contributed by atoms with E-state index in [0.717, 1.165) is 41.0 Å². The molecule has 2 aromatic carbocycles. The molecule has 6 heteroatoms. The SMILES string of the molecule is Cn1c(Cc2ccccc2)nc2cc(OC3CCCCC3)c(S(=O)c3ccncc3)cc21. The van der Waals surface area contributed by atoms with Gasteiger partial charge in [-0.05, 0) is 49.4 Å². The van der Waals surface area contributed by atoms with Gasteiger partial charge in [-0.2, -0.15) is 0 Å². The fourth-order valence-electron chi connectivity index (χ4n) is 4.37. The van der Waals surface area contributed by atoms with E-state index in [1.54, 1.807) is 24.5 Å². The summed E-state index contributed by atoms with van der Waals surface area (Å²) in [7, 11) is 0.660. The summed E-state index contributed by atoms with van der Waals surface area (Å²) in [6.07, 6.45) is 9.97. The van der Waals surface area contributed by atoms with E-state index in [1.807, 2.05) is 37.4 Å². The zero-order valence-corrected chi connectivity index (χ0v) is 19.1. The summed E-state index contributed by atoms with van der Waals surface area (Å²) >= 11 is 0. The van der Waals surface area contributed by atoms with Crippen LogP contribution >= 0.6 is 0 Å². The van der Waals surface area contributed by atoms with Crippen LogP contribution in [0.3, 0.4) is 0 Å². The molecule has 1 saturated carbocycles. The Bertz CT molecular complexity index is 1230. The monoisotopic (exact) mass is 445 g/mol. The molecular weight excluding hydrogens is 418 g/mol. The number of aromatic nitrogens is 3. The van der Waals surface area contributed by atoms with Crippen molar-refractivity contribution in [3.8, 4) is 5.75 Å². The number of hydrogen-bond acceptors (Lipinski definition) is 4. The van der Waals surface area contributed by atoms with Crippen LogP contribution in [0.25, 0.3) is 11.0 Å². The highest BCUT2D eigenvalue weighted by molar-refractivity contribution is 7.85. The molecule has 0 amide bonds.